The largest absolute Gasteiger partial charge is 0.373 e. The summed E-state index contributed by atoms with van der Waals surface area (Å²) in [7, 11) is 0. The number of nitrogens with zero attached hydrogens (tertiary/aromatic N) is 1. The van der Waals surface area contributed by atoms with Gasteiger partial charge in [-0.3, -0.25) is 9.69 Å². The number of nitrogens with one attached hydrogen (secondary N) is 1. The van der Waals surface area contributed by atoms with E-state index in [-0.39, 0.29) is 12.0 Å². The predicted octanol–water partition coefficient (Wildman–Crippen LogP) is 2.16. The fraction of sp³-hybridized carbons (Fsp3) is 0.632. The molecule has 1 amide bonds. The van der Waals surface area contributed by atoms with Gasteiger partial charge in [0.25, 0.3) is 5.91 Å². The molecule has 124 valence electrons. The summed E-state index contributed by atoms with van der Waals surface area (Å²) in [6, 6.07) is 6.80. The van der Waals surface area contributed by atoms with Gasteiger partial charge in [0.1, 0.15) is 0 Å². The zero-order valence-corrected chi connectivity index (χ0v) is 13.7. The van der Waals surface area contributed by atoms with Crippen LogP contribution in [0.4, 0.5) is 0 Å². The molecule has 4 nitrogen and oxygen atoms in total. The number of hydrogen-bond acceptors (Lipinski definition) is 3. The van der Waals surface area contributed by atoms with Gasteiger partial charge in [-0.05, 0) is 68.3 Å². The highest BCUT2D eigenvalue weighted by molar-refractivity contribution is 5.94. The number of rotatable bonds is 3. The van der Waals surface area contributed by atoms with Crippen LogP contribution in [0.25, 0.3) is 0 Å². The van der Waals surface area contributed by atoms with E-state index in [1.165, 1.54) is 43.4 Å². The lowest BCUT2D eigenvalue weighted by molar-refractivity contribution is -0.0461. The highest BCUT2D eigenvalue weighted by Gasteiger charge is 2.32. The molecule has 4 heteroatoms. The highest BCUT2D eigenvalue weighted by Crippen LogP contribution is 2.23. The van der Waals surface area contributed by atoms with Gasteiger partial charge in [0.2, 0.25) is 0 Å². The van der Waals surface area contributed by atoms with Crippen LogP contribution in [0.15, 0.2) is 18.2 Å². The van der Waals surface area contributed by atoms with Crippen molar-refractivity contribution >= 4 is 5.91 Å². The minimum absolute atomic E-state index is 0.0329. The van der Waals surface area contributed by atoms with Crippen molar-refractivity contribution in [3.63, 3.8) is 0 Å². The Hall–Kier alpha value is -1.39. The van der Waals surface area contributed by atoms with Crippen molar-refractivity contribution in [2.75, 3.05) is 26.2 Å². The van der Waals surface area contributed by atoms with Crippen LogP contribution in [-0.4, -0.2) is 49.2 Å². The molecule has 0 spiro atoms. The molecule has 2 atom stereocenters. The minimum Gasteiger partial charge on any atom is -0.373 e. The smallest absolute Gasteiger partial charge is 0.251 e. The van der Waals surface area contributed by atoms with Crippen molar-refractivity contribution in [2.24, 2.45) is 0 Å². The normalized spacial score (nSPS) is 27.3. The first-order chi connectivity index (χ1) is 11.3. The lowest BCUT2D eigenvalue weighted by Gasteiger charge is -2.35. The second-order valence-corrected chi connectivity index (χ2v) is 7.15. The van der Waals surface area contributed by atoms with E-state index < -0.39 is 0 Å². The molecule has 0 bridgehead atoms. The summed E-state index contributed by atoms with van der Waals surface area (Å²) in [6.45, 7) is 3.57. The van der Waals surface area contributed by atoms with Crippen molar-refractivity contribution in [1.29, 1.82) is 0 Å². The second kappa shape index (κ2) is 6.62. The average Bonchev–Trinajstić information content (AvgIpc) is 3.07. The van der Waals surface area contributed by atoms with Crippen molar-refractivity contribution < 1.29 is 9.53 Å². The third kappa shape index (κ3) is 3.29. The van der Waals surface area contributed by atoms with Gasteiger partial charge in [-0.15, -0.1) is 0 Å². The molecule has 1 aliphatic carbocycles. The Morgan fingerprint density at radius 2 is 2.09 bits per heavy atom. The van der Waals surface area contributed by atoms with Gasteiger partial charge < -0.3 is 10.1 Å². The molecular weight excluding hydrogens is 288 g/mol. The summed E-state index contributed by atoms with van der Waals surface area (Å²) in [6.07, 6.45) is 7.45. The number of carbonyl (C=O) groups excluding carboxylic acids is 1. The second-order valence-electron chi connectivity index (χ2n) is 7.15. The van der Waals surface area contributed by atoms with Crippen LogP contribution in [0.5, 0.6) is 0 Å². The van der Waals surface area contributed by atoms with E-state index in [9.17, 15) is 4.79 Å². The number of hydrogen-bond donors (Lipinski definition) is 1. The van der Waals surface area contributed by atoms with Crippen LogP contribution >= 0.6 is 0 Å². The molecule has 2 aliphatic heterocycles. The number of ether oxygens (including phenoxy) is 1. The molecule has 23 heavy (non-hydrogen) atoms. The van der Waals surface area contributed by atoms with Crippen LogP contribution in [0.2, 0.25) is 0 Å². The van der Waals surface area contributed by atoms with Gasteiger partial charge in [-0.2, -0.15) is 0 Å². The van der Waals surface area contributed by atoms with Gasteiger partial charge in [0.15, 0.2) is 0 Å². The fourth-order valence-corrected chi connectivity index (χ4v) is 4.19. The van der Waals surface area contributed by atoms with Crippen molar-refractivity contribution in [1.82, 2.24) is 10.2 Å². The van der Waals surface area contributed by atoms with E-state index in [1.807, 2.05) is 6.07 Å². The number of amides is 1. The fourth-order valence-electron chi connectivity index (χ4n) is 4.19. The highest BCUT2D eigenvalue weighted by atomic mass is 16.5. The number of carbonyl (C=O) groups is 1. The molecule has 1 aromatic carbocycles. The Balaban J connectivity index is 1.33. The molecule has 1 aromatic rings. The van der Waals surface area contributed by atoms with E-state index in [0.29, 0.717) is 12.6 Å². The number of fused-ring (bicyclic) bond motifs is 2. The van der Waals surface area contributed by atoms with Crippen LogP contribution in [0.1, 0.15) is 47.2 Å². The van der Waals surface area contributed by atoms with Gasteiger partial charge in [-0.1, -0.05) is 6.07 Å². The Morgan fingerprint density at radius 1 is 1.22 bits per heavy atom. The number of morpholine rings is 1. The van der Waals surface area contributed by atoms with Gasteiger partial charge in [0, 0.05) is 24.7 Å². The first kappa shape index (κ1) is 15.2. The van der Waals surface area contributed by atoms with E-state index >= 15 is 0 Å². The molecule has 0 unspecified atom stereocenters. The summed E-state index contributed by atoms with van der Waals surface area (Å²) in [5.41, 5.74) is 3.57. The minimum atomic E-state index is 0.0329. The zero-order chi connectivity index (χ0) is 15.6. The Kier molecular flexibility index (Phi) is 4.36. The molecule has 4 rings (SSSR count). The van der Waals surface area contributed by atoms with E-state index in [4.69, 9.17) is 4.74 Å². The molecule has 2 fully saturated rings. The SMILES string of the molecule is O=C(NC[C@@H]1CN2CCC[C@H]2CO1)c1ccc2c(c1)CCCC2. The van der Waals surface area contributed by atoms with Gasteiger partial charge in [0.05, 0.1) is 12.7 Å². The third-order valence-electron chi connectivity index (χ3n) is 5.56. The van der Waals surface area contributed by atoms with Gasteiger partial charge >= 0.3 is 0 Å². The zero-order valence-electron chi connectivity index (χ0n) is 13.7. The summed E-state index contributed by atoms with van der Waals surface area (Å²) in [5, 5.41) is 3.06. The molecule has 3 aliphatic rings. The number of aryl methyl sites for hydroxylation is 2. The average molecular weight is 314 g/mol. The monoisotopic (exact) mass is 314 g/mol. The number of benzene rings is 1. The molecule has 0 saturated carbocycles. The van der Waals surface area contributed by atoms with Crippen LogP contribution in [0, 0.1) is 0 Å². The molecule has 1 N–H and O–H groups in total. The first-order valence-electron chi connectivity index (χ1n) is 9.05. The van der Waals surface area contributed by atoms with Crippen molar-refractivity contribution in [3.05, 3.63) is 34.9 Å². The lowest BCUT2D eigenvalue weighted by Crippen LogP contribution is -2.50. The Bertz CT molecular complexity index is 587. The molecular formula is C19H26N2O2. The first-order valence-corrected chi connectivity index (χ1v) is 9.05. The van der Waals surface area contributed by atoms with E-state index in [0.717, 1.165) is 31.6 Å². The third-order valence-corrected chi connectivity index (χ3v) is 5.56. The predicted molar refractivity (Wildman–Crippen MR) is 89.8 cm³/mol. The van der Waals surface area contributed by atoms with E-state index in [2.05, 4.69) is 22.3 Å². The molecule has 0 radical (unpaired) electrons. The maximum atomic E-state index is 12.4. The maximum absolute atomic E-state index is 12.4. The lowest BCUT2D eigenvalue weighted by atomic mass is 9.90. The van der Waals surface area contributed by atoms with Crippen molar-refractivity contribution in [3.8, 4) is 0 Å². The Labute approximate surface area is 138 Å². The van der Waals surface area contributed by atoms with E-state index in [1.54, 1.807) is 0 Å². The summed E-state index contributed by atoms with van der Waals surface area (Å²) in [5.74, 6) is 0.0329. The van der Waals surface area contributed by atoms with Crippen LogP contribution < -0.4 is 5.32 Å². The topological polar surface area (TPSA) is 41.6 Å². The van der Waals surface area contributed by atoms with Crippen LogP contribution in [-0.2, 0) is 17.6 Å². The molecule has 0 aromatic heterocycles. The molecule has 2 saturated heterocycles. The maximum Gasteiger partial charge on any atom is 0.251 e. The van der Waals surface area contributed by atoms with Crippen LogP contribution in [0.3, 0.4) is 0 Å². The van der Waals surface area contributed by atoms with Crippen molar-refractivity contribution in [2.45, 2.75) is 50.7 Å². The summed E-state index contributed by atoms with van der Waals surface area (Å²) in [4.78, 5) is 14.9. The molecule has 2 heterocycles. The standard InChI is InChI=1S/C19H26N2O2/c22-19(16-8-7-14-4-1-2-5-15(14)10-16)20-11-18-12-21-9-3-6-17(21)13-23-18/h7-8,10,17-18H,1-6,9,11-13H2,(H,20,22)/t17-,18+/m0/s1. The summed E-state index contributed by atoms with van der Waals surface area (Å²) >= 11 is 0. The quantitative estimate of drug-likeness (QED) is 0.929. The van der Waals surface area contributed by atoms with Gasteiger partial charge in [-0.25, -0.2) is 0 Å². The Morgan fingerprint density at radius 3 is 3.00 bits per heavy atom. The summed E-state index contributed by atoms with van der Waals surface area (Å²) < 4.78 is 5.91.